The van der Waals surface area contributed by atoms with Gasteiger partial charge in [-0.2, -0.15) is 4.52 Å². The van der Waals surface area contributed by atoms with E-state index in [9.17, 15) is 9.90 Å². The maximum Gasteiger partial charge on any atom is 0.343 e. The van der Waals surface area contributed by atoms with Crippen LogP contribution in [0.15, 0.2) is 72.2 Å². The minimum Gasteiger partial charge on any atom is -0.477 e. The molecule has 0 aliphatic heterocycles. The lowest BCUT2D eigenvalue weighted by Crippen LogP contribution is -2.26. The molecule has 0 fully saturated rings. The van der Waals surface area contributed by atoms with E-state index >= 15 is 0 Å². The van der Waals surface area contributed by atoms with Crippen LogP contribution < -0.4 is 10.6 Å². The molecule has 0 radical (unpaired) electrons. The highest BCUT2D eigenvalue weighted by Gasteiger charge is 2.28. The average Bonchev–Trinajstić information content (AvgIpc) is 3.46. The molecule has 0 saturated heterocycles. The molecule has 3 heterocycles. The van der Waals surface area contributed by atoms with Gasteiger partial charge in [-0.25, -0.2) is 14.8 Å². The maximum atomic E-state index is 12.0. The summed E-state index contributed by atoms with van der Waals surface area (Å²) in [4.78, 5) is 23.3. The van der Waals surface area contributed by atoms with Gasteiger partial charge in [0, 0.05) is 24.7 Å². The van der Waals surface area contributed by atoms with Crippen molar-refractivity contribution in [3.8, 4) is 10.6 Å². The third-order valence-electron chi connectivity index (χ3n) is 5.54. The van der Waals surface area contributed by atoms with E-state index in [0.717, 1.165) is 21.7 Å². The SMILES string of the molecule is Cc1nc2c(C(=O)O)c(N)nn2c(N(Cc2ccccc2)Cc2ccccc2)c1-c1nccs1. The Kier molecular flexibility index (Phi) is 5.69. The van der Waals surface area contributed by atoms with Crippen molar-refractivity contribution in [2.75, 3.05) is 10.6 Å². The fourth-order valence-corrected chi connectivity index (χ4v) is 4.80. The predicted octanol–water partition coefficient (Wildman–Crippen LogP) is 4.65. The van der Waals surface area contributed by atoms with E-state index in [2.05, 4.69) is 44.2 Å². The zero-order valence-electron chi connectivity index (χ0n) is 18.4. The molecule has 2 aromatic carbocycles. The number of carbonyl (C=O) groups is 1. The van der Waals surface area contributed by atoms with Crippen LogP contribution in [-0.4, -0.2) is 30.7 Å². The Morgan fingerprint density at radius 3 is 2.21 bits per heavy atom. The molecule has 9 heteroatoms. The number of aromatic carboxylic acids is 1. The molecule has 0 atom stereocenters. The molecule has 5 aromatic rings. The van der Waals surface area contributed by atoms with Gasteiger partial charge in [-0.05, 0) is 18.1 Å². The Hall–Kier alpha value is -4.24. The summed E-state index contributed by atoms with van der Waals surface area (Å²) in [5, 5.41) is 16.9. The first kappa shape index (κ1) is 21.6. The van der Waals surface area contributed by atoms with Gasteiger partial charge in [0.25, 0.3) is 0 Å². The number of hydrogen-bond acceptors (Lipinski definition) is 7. The summed E-state index contributed by atoms with van der Waals surface area (Å²) in [6, 6.07) is 20.2. The number of anilines is 2. The number of nitrogens with two attached hydrogens (primary N) is 1. The molecule has 8 nitrogen and oxygen atoms in total. The molecule has 0 bridgehead atoms. The van der Waals surface area contributed by atoms with Gasteiger partial charge in [0.05, 0.1) is 11.3 Å². The second-order valence-electron chi connectivity index (χ2n) is 7.86. The van der Waals surface area contributed by atoms with Gasteiger partial charge in [0.15, 0.2) is 11.5 Å². The summed E-state index contributed by atoms with van der Waals surface area (Å²) < 4.78 is 1.55. The first-order valence-corrected chi connectivity index (χ1v) is 11.6. The van der Waals surface area contributed by atoms with Crippen molar-refractivity contribution in [1.29, 1.82) is 0 Å². The van der Waals surface area contributed by atoms with Crippen LogP contribution in [-0.2, 0) is 13.1 Å². The van der Waals surface area contributed by atoms with Gasteiger partial charge >= 0.3 is 5.97 Å². The summed E-state index contributed by atoms with van der Waals surface area (Å²) in [7, 11) is 0. The van der Waals surface area contributed by atoms with E-state index in [1.165, 1.54) is 11.3 Å². The predicted molar refractivity (Wildman–Crippen MR) is 133 cm³/mol. The number of carboxylic acid groups (broad SMARTS) is 1. The van der Waals surface area contributed by atoms with Gasteiger partial charge in [-0.15, -0.1) is 16.4 Å². The van der Waals surface area contributed by atoms with Crippen LogP contribution >= 0.6 is 11.3 Å². The van der Waals surface area contributed by atoms with Crippen LogP contribution in [0.4, 0.5) is 11.6 Å². The minimum atomic E-state index is -1.16. The van der Waals surface area contributed by atoms with Gasteiger partial charge in [-0.3, -0.25) is 0 Å². The quantitative estimate of drug-likeness (QED) is 0.356. The summed E-state index contributed by atoms with van der Waals surface area (Å²) >= 11 is 1.49. The molecule has 0 aliphatic rings. The van der Waals surface area contributed by atoms with Crippen molar-refractivity contribution >= 4 is 34.6 Å². The van der Waals surface area contributed by atoms with Crippen molar-refractivity contribution in [2.45, 2.75) is 20.0 Å². The number of aryl methyl sites for hydroxylation is 1. The van der Waals surface area contributed by atoms with E-state index in [1.807, 2.05) is 48.7 Å². The highest BCUT2D eigenvalue weighted by atomic mass is 32.1. The third-order valence-corrected chi connectivity index (χ3v) is 6.33. The standard InChI is InChI=1S/C25H22N6O2S/c1-16-19(23-27-12-13-34-23)24(31-22(28-16)20(25(32)33)21(26)29-31)30(14-17-8-4-2-5-9-17)15-18-10-6-3-7-11-18/h2-13H,14-15H2,1H3,(H2,26,29)(H,32,33). The van der Waals surface area contributed by atoms with E-state index < -0.39 is 5.97 Å². The van der Waals surface area contributed by atoms with E-state index in [0.29, 0.717) is 24.6 Å². The zero-order chi connectivity index (χ0) is 23.7. The Morgan fingerprint density at radius 1 is 1.06 bits per heavy atom. The summed E-state index contributed by atoms with van der Waals surface area (Å²) in [5.41, 5.74) is 9.83. The molecule has 34 heavy (non-hydrogen) atoms. The van der Waals surface area contributed by atoms with Crippen molar-refractivity contribution < 1.29 is 9.90 Å². The Labute approximate surface area is 200 Å². The molecule has 5 rings (SSSR count). The molecule has 3 N–H and O–H groups in total. The lowest BCUT2D eigenvalue weighted by Gasteiger charge is -2.28. The third kappa shape index (κ3) is 3.97. The molecule has 3 aromatic heterocycles. The van der Waals surface area contributed by atoms with Crippen molar-refractivity contribution in [3.63, 3.8) is 0 Å². The summed E-state index contributed by atoms with van der Waals surface area (Å²) in [5.74, 6) is -0.536. The second-order valence-corrected chi connectivity index (χ2v) is 8.76. The number of nitrogens with zero attached hydrogens (tertiary/aromatic N) is 5. The average molecular weight is 471 g/mol. The van der Waals surface area contributed by atoms with Crippen molar-refractivity contribution in [1.82, 2.24) is 19.6 Å². The Balaban J connectivity index is 1.80. The zero-order valence-corrected chi connectivity index (χ0v) is 19.2. The smallest absolute Gasteiger partial charge is 0.343 e. The molecule has 0 saturated carbocycles. The molecule has 0 aliphatic carbocycles. The minimum absolute atomic E-state index is 0.0729. The largest absolute Gasteiger partial charge is 0.477 e. The van der Waals surface area contributed by atoms with Crippen LogP contribution in [0.25, 0.3) is 16.2 Å². The number of nitrogen functional groups attached to an aromatic ring is 1. The van der Waals surface area contributed by atoms with E-state index in [1.54, 1.807) is 10.7 Å². The Morgan fingerprint density at radius 2 is 1.68 bits per heavy atom. The van der Waals surface area contributed by atoms with Crippen molar-refractivity contribution in [3.05, 3.63) is 94.6 Å². The molecule has 0 unspecified atom stereocenters. The first-order chi connectivity index (χ1) is 16.5. The van der Waals surface area contributed by atoms with Crippen LogP contribution in [0.5, 0.6) is 0 Å². The van der Waals surface area contributed by atoms with E-state index in [-0.39, 0.29) is 17.0 Å². The number of hydrogen-bond donors (Lipinski definition) is 2. The van der Waals surface area contributed by atoms with E-state index in [4.69, 9.17) is 5.73 Å². The fourth-order valence-electron chi connectivity index (χ4n) is 4.07. The number of thiazole rings is 1. The highest BCUT2D eigenvalue weighted by molar-refractivity contribution is 7.13. The number of fused-ring (bicyclic) bond motifs is 1. The maximum absolute atomic E-state index is 12.0. The van der Waals surface area contributed by atoms with Gasteiger partial charge in [-0.1, -0.05) is 60.7 Å². The molecular weight excluding hydrogens is 448 g/mol. The topological polar surface area (TPSA) is 110 Å². The van der Waals surface area contributed by atoms with Gasteiger partial charge < -0.3 is 15.7 Å². The van der Waals surface area contributed by atoms with Crippen LogP contribution in [0.1, 0.15) is 27.2 Å². The number of aromatic nitrogens is 4. The first-order valence-electron chi connectivity index (χ1n) is 10.7. The van der Waals surface area contributed by atoms with Crippen LogP contribution in [0, 0.1) is 6.92 Å². The normalized spacial score (nSPS) is 11.1. The lowest BCUT2D eigenvalue weighted by molar-refractivity contribution is 0.0700. The summed E-state index contributed by atoms with van der Waals surface area (Å²) in [6.45, 7) is 2.99. The van der Waals surface area contributed by atoms with Gasteiger partial charge in [0.2, 0.25) is 0 Å². The lowest BCUT2D eigenvalue weighted by atomic mass is 10.1. The monoisotopic (exact) mass is 470 g/mol. The molecular formula is C25H22N6O2S. The van der Waals surface area contributed by atoms with Crippen LogP contribution in [0.2, 0.25) is 0 Å². The molecule has 170 valence electrons. The van der Waals surface area contributed by atoms with Crippen LogP contribution in [0.3, 0.4) is 0 Å². The Bertz CT molecular complexity index is 1410. The second kappa shape index (κ2) is 8.95. The highest BCUT2D eigenvalue weighted by Crippen LogP contribution is 2.37. The number of benzene rings is 2. The molecule has 0 amide bonds. The fraction of sp³-hybridized carbons (Fsp3) is 0.120. The van der Waals surface area contributed by atoms with Gasteiger partial charge in [0.1, 0.15) is 16.4 Å². The van der Waals surface area contributed by atoms with Crippen molar-refractivity contribution in [2.24, 2.45) is 0 Å². The number of rotatable bonds is 7. The molecule has 0 spiro atoms. The summed E-state index contributed by atoms with van der Waals surface area (Å²) in [6.07, 6.45) is 1.74. The number of carboxylic acids is 1.